The molecule has 0 aromatic carbocycles. The van der Waals surface area contributed by atoms with E-state index in [2.05, 4.69) is 14.9 Å². The summed E-state index contributed by atoms with van der Waals surface area (Å²) < 4.78 is 0. The molecule has 0 saturated carbocycles. The number of nitrogens with zero attached hydrogens (tertiary/aromatic N) is 3. The zero-order valence-electron chi connectivity index (χ0n) is 9.04. The summed E-state index contributed by atoms with van der Waals surface area (Å²) in [5.74, 6) is 0.377. The summed E-state index contributed by atoms with van der Waals surface area (Å²) >= 11 is 0. The van der Waals surface area contributed by atoms with E-state index < -0.39 is 5.97 Å². The van der Waals surface area contributed by atoms with Gasteiger partial charge in [0, 0.05) is 25.4 Å². The van der Waals surface area contributed by atoms with Crippen LogP contribution in [0.2, 0.25) is 0 Å². The van der Waals surface area contributed by atoms with Crippen LogP contribution in [0.15, 0.2) is 18.5 Å². The van der Waals surface area contributed by atoms with E-state index in [1.807, 2.05) is 0 Å². The van der Waals surface area contributed by atoms with E-state index in [1.165, 1.54) is 0 Å². The fraction of sp³-hybridized carbons (Fsp3) is 0.545. The van der Waals surface area contributed by atoms with Crippen molar-refractivity contribution >= 4 is 5.97 Å². The minimum absolute atomic E-state index is 0.270. The van der Waals surface area contributed by atoms with Crippen LogP contribution in [0, 0.1) is 5.92 Å². The Kier molecular flexibility index (Phi) is 3.46. The number of aromatic nitrogens is 2. The van der Waals surface area contributed by atoms with Gasteiger partial charge in [0.25, 0.3) is 0 Å². The fourth-order valence-electron chi connectivity index (χ4n) is 2.08. The maximum Gasteiger partial charge on any atom is 0.303 e. The van der Waals surface area contributed by atoms with Crippen molar-refractivity contribution in [2.45, 2.75) is 19.4 Å². The molecule has 1 aliphatic heterocycles. The third-order valence-corrected chi connectivity index (χ3v) is 2.82. The van der Waals surface area contributed by atoms with Gasteiger partial charge >= 0.3 is 5.97 Å². The van der Waals surface area contributed by atoms with Gasteiger partial charge in [-0.15, -0.1) is 0 Å². The molecule has 1 aromatic heterocycles. The molecule has 2 heterocycles. The van der Waals surface area contributed by atoms with Crippen molar-refractivity contribution in [3.8, 4) is 0 Å². The third-order valence-electron chi connectivity index (χ3n) is 2.82. The summed E-state index contributed by atoms with van der Waals surface area (Å²) in [6, 6.07) is 1.79. The maximum atomic E-state index is 10.6. The quantitative estimate of drug-likeness (QED) is 0.813. The van der Waals surface area contributed by atoms with E-state index in [4.69, 9.17) is 5.11 Å². The summed E-state index contributed by atoms with van der Waals surface area (Å²) in [5, 5.41) is 8.71. The number of carbonyl (C=O) groups is 1. The summed E-state index contributed by atoms with van der Waals surface area (Å²) in [4.78, 5) is 21.1. The molecule has 2 rings (SSSR count). The highest BCUT2D eigenvalue weighted by molar-refractivity contribution is 5.67. The molecular formula is C11H15N3O2. The molecule has 0 radical (unpaired) electrons. The Labute approximate surface area is 94.1 Å². The molecule has 1 aromatic rings. The predicted octanol–water partition coefficient (Wildman–Crippen LogP) is 0.773. The van der Waals surface area contributed by atoms with E-state index in [0.29, 0.717) is 0 Å². The van der Waals surface area contributed by atoms with Crippen LogP contribution in [0.25, 0.3) is 0 Å². The monoisotopic (exact) mass is 221 g/mol. The van der Waals surface area contributed by atoms with Crippen molar-refractivity contribution in [1.82, 2.24) is 14.9 Å². The number of aliphatic carboxylic acids is 1. The molecule has 0 bridgehead atoms. The van der Waals surface area contributed by atoms with Gasteiger partial charge in [0.15, 0.2) is 0 Å². The van der Waals surface area contributed by atoms with Gasteiger partial charge in [0.05, 0.1) is 6.54 Å². The number of carboxylic acid groups (broad SMARTS) is 1. The van der Waals surface area contributed by atoms with Crippen molar-refractivity contribution in [1.29, 1.82) is 0 Å². The second-order valence-corrected chi connectivity index (χ2v) is 4.15. The Morgan fingerprint density at radius 3 is 2.94 bits per heavy atom. The van der Waals surface area contributed by atoms with Gasteiger partial charge in [-0.1, -0.05) is 0 Å². The first kappa shape index (κ1) is 11.0. The number of hydrogen-bond donors (Lipinski definition) is 1. The largest absolute Gasteiger partial charge is 0.481 e. The SMILES string of the molecule is O=C(O)CC1CCN(Cc2ncccn2)C1. The Hall–Kier alpha value is -1.49. The van der Waals surface area contributed by atoms with E-state index in [9.17, 15) is 4.79 Å². The average Bonchev–Trinajstić information content (AvgIpc) is 2.66. The lowest BCUT2D eigenvalue weighted by atomic mass is 10.1. The first-order valence-corrected chi connectivity index (χ1v) is 5.44. The Morgan fingerprint density at radius 2 is 2.25 bits per heavy atom. The number of rotatable bonds is 4. The molecular weight excluding hydrogens is 206 g/mol. The molecule has 0 amide bonds. The van der Waals surface area contributed by atoms with Crippen LogP contribution in [0.5, 0.6) is 0 Å². The fourth-order valence-corrected chi connectivity index (χ4v) is 2.08. The molecule has 1 fully saturated rings. The highest BCUT2D eigenvalue weighted by atomic mass is 16.4. The normalized spacial score (nSPS) is 21.1. The minimum atomic E-state index is -0.706. The molecule has 1 unspecified atom stereocenters. The molecule has 5 heteroatoms. The minimum Gasteiger partial charge on any atom is -0.481 e. The lowest BCUT2D eigenvalue weighted by Crippen LogP contribution is -2.22. The predicted molar refractivity (Wildman–Crippen MR) is 57.7 cm³/mol. The molecule has 1 saturated heterocycles. The lowest BCUT2D eigenvalue weighted by Gasteiger charge is -2.13. The van der Waals surface area contributed by atoms with Crippen molar-refractivity contribution in [2.24, 2.45) is 5.92 Å². The highest BCUT2D eigenvalue weighted by Gasteiger charge is 2.24. The lowest BCUT2D eigenvalue weighted by molar-refractivity contribution is -0.138. The summed E-state index contributed by atoms with van der Waals surface area (Å²) in [6.45, 7) is 2.50. The molecule has 16 heavy (non-hydrogen) atoms. The Morgan fingerprint density at radius 1 is 1.50 bits per heavy atom. The Balaban J connectivity index is 1.83. The zero-order valence-corrected chi connectivity index (χ0v) is 9.04. The van der Waals surface area contributed by atoms with Crippen LogP contribution < -0.4 is 0 Å². The van der Waals surface area contributed by atoms with Gasteiger partial charge < -0.3 is 5.11 Å². The molecule has 5 nitrogen and oxygen atoms in total. The number of likely N-dealkylation sites (tertiary alicyclic amines) is 1. The van der Waals surface area contributed by atoms with Crippen molar-refractivity contribution in [3.05, 3.63) is 24.3 Å². The van der Waals surface area contributed by atoms with Gasteiger partial charge in [0.2, 0.25) is 0 Å². The van der Waals surface area contributed by atoms with Crippen molar-refractivity contribution in [2.75, 3.05) is 13.1 Å². The van der Waals surface area contributed by atoms with Crippen LogP contribution >= 0.6 is 0 Å². The molecule has 1 N–H and O–H groups in total. The van der Waals surface area contributed by atoms with Crippen LogP contribution in [0.4, 0.5) is 0 Å². The first-order chi connectivity index (χ1) is 7.74. The second-order valence-electron chi connectivity index (χ2n) is 4.15. The van der Waals surface area contributed by atoms with Crippen LogP contribution in [0.3, 0.4) is 0 Å². The molecule has 0 spiro atoms. The van der Waals surface area contributed by atoms with E-state index in [0.717, 1.165) is 31.9 Å². The van der Waals surface area contributed by atoms with E-state index >= 15 is 0 Å². The highest BCUT2D eigenvalue weighted by Crippen LogP contribution is 2.20. The van der Waals surface area contributed by atoms with E-state index in [-0.39, 0.29) is 12.3 Å². The second kappa shape index (κ2) is 5.03. The molecule has 1 aliphatic rings. The van der Waals surface area contributed by atoms with Crippen molar-refractivity contribution in [3.63, 3.8) is 0 Å². The summed E-state index contributed by atoms with van der Waals surface area (Å²) in [5.41, 5.74) is 0. The summed E-state index contributed by atoms with van der Waals surface area (Å²) in [6.07, 6.45) is 4.69. The third kappa shape index (κ3) is 3.00. The zero-order chi connectivity index (χ0) is 11.4. The van der Waals surface area contributed by atoms with E-state index in [1.54, 1.807) is 18.5 Å². The van der Waals surface area contributed by atoms with Gasteiger partial charge in [-0.25, -0.2) is 9.97 Å². The van der Waals surface area contributed by atoms with Gasteiger partial charge in [-0.3, -0.25) is 9.69 Å². The van der Waals surface area contributed by atoms with Crippen molar-refractivity contribution < 1.29 is 9.90 Å². The molecule has 1 atom stereocenters. The topological polar surface area (TPSA) is 66.3 Å². The molecule has 0 aliphatic carbocycles. The van der Waals surface area contributed by atoms with Crippen LogP contribution in [0.1, 0.15) is 18.7 Å². The molecule has 86 valence electrons. The summed E-state index contributed by atoms with van der Waals surface area (Å²) in [7, 11) is 0. The smallest absolute Gasteiger partial charge is 0.303 e. The first-order valence-electron chi connectivity index (χ1n) is 5.44. The number of hydrogen-bond acceptors (Lipinski definition) is 4. The van der Waals surface area contributed by atoms with Gasteiger partial charge in [-0.05, 0) is 24.9 Å². The number of carboxylic acids is 1. The average molecular weight is 221 g/mol. The standard InChI is InChI=1S/C11H15N3O2/c15-11(16)6-9-2-5-14(7-9)8-10-12-3-1-4-13-10/h1,3-4,9H,2,5-8H2,(H,15,16). The van der Waals surface area contributed by atoms with Crippen LogP contribution in [-0.2, 0) is 11.3 Å². The van der Waals surface area contributed by atoms with Gasteiger partial charge in [-0.2, -0.15) is 0 Å². The van der Waals surface area contributed by atoms with Gasteiger partial charge in [0.1, 0.15) is 5.82 Å². The maximum absolute atomic E-state index is 10.6. The Bertz CT molecular complexity index is 356. The van der Waals surface area contributed by atoms with Crippen LogP contribution in [-0.4, -0.2) is 39.0 Å².